The number of thiophene rings is 1. The van der Waals surface area contributed by atoms with Gasteiger partial charge in [0.25, 0.3) is 0 Å². The molecule has 2 aromatic rings. The van der Waals surface area contributed by atoms with Crippen molar-refractivity contribution >= 4 is 11.3 Å². The van der Waals surface area contributed by atoms with Crippen molar-refractivity contribution in [1.82, 2.24) is 19.8 Å². The second-order valence-corrected chi connectivity index (χ2v) is 8.70. The van der Waals surface area contributed by atoms with E-state index in [0.29, 0.717) is 6.04 Å². The number of aliphatic hydroxyl groups is 1. The maximum atomic E-state index is 10.3. The minimum absolute atomic E-state index is 0.0119. The number of aryl methyl sites for hydroxylation is 1. The summed E-state index contributed by atoms with van der Waals surface area (Å²) in [6.45, 7) is 7.50. The van der Waals surface area contributed by atoms with Gasteiger partial charge in [-0.1, -0.05) is 6.07 Å². The number of aliphatic hydroxyl groups excluding tert-OH is 1. The van der Waals surface area contributed by atoms with Gasteiger partial charge < -0.3 is 10.1 Å². The Labute approximate surface area is 153 Å². The molecule has 2 N–H and O–H groups in total. The summed E-state index contributed by atoms with van der Waals surface area (Å²) in [6.07, 6.45) is 5.22. The molecule has 0 spiro atoms. The standard InChI is InChI=1S/C19H28N4OS/c1-15-17(21-14-20-15)11-22-8-5-18-19(12-22,13-24)6-3-7-23(18)10-16-4-2-9-25-16/h2,4,9,14,18,24H,3,5-8,10-13H2,1H3,(H,20,21)/t18-,19-/m1/s1. The number of likely N-dealkylation sites (tertiary alicyclic amines) is 2. The first-order valence-corrected chi connectivity index (χ1v) is 10.2. The zero-order valence-electron chi connectivity index (χ0n) is 14.9. The molecule has 2 saturated heterocycles. The number of fused-ring (bicyclic) bond motifs is 1. The predicted octanol–water partition coefficient (Wildman–Crippen LogP) is 2.63. The molecule has 0 aliphatic carbocycles. The zero-order chi connectivity index (χ0) is 17.3. The number of aromatic amines is 1. The maximum Gasteiger partial charge on any atom is 0.0925 e. The van der Waals surface area contributed by atoms with Gasteiger partial charge in [-0.2, -0.15) is 0 Å². The highest BCUT2D eigenvalue weighted by Crippen LogP contribution is 2.42. The van der Waals surface area contributed by atoms with Gasteiger partial charge in [0.15, 0.2) is 0 Å². The third kappa shape index (κ3) is 3.40. The molecule has 0 aromatic carbocycles. The summed E-state index contributed by atoms with van der Waals surface area (Å²) in [5.74, 6) is 0. The van der Waals surface area contributed by atoms with E-state index < -0.39 is 0 Å². The summed E-state index contributed by atoms with van der Waals surface area (Å²) in [5, 5.41) is 12.5. The van der Waals surface area contributed by atoms with E-state index in [1.807, 2.05) is 11.3 Å². The second-order valence-electron chi connectivity index (χ2n) is 7.66. The number of nitrogens with one attached hydrogen (secondary N) is 1. The SMILES string of the molecule is Cc1[nH]cnc1CN1CC[C@H]2N(Cc3cccs3)CCC[C@]2(CO)C1. The number of aromatic nitrogens is 2. The molecule has 2 aliphatic heterocycles. The van der Waals surface area contributed by atoms with E-state index in [1.165, 1.54) is 11.3 Å². The lowest BCUT2D eigenvalue weighted by Crippen LogP contribution is -2.62. The first-order chi connectivity index (χ1) is 12.2. The van der Waals surface area contributed by atoms with Gasteiger partial charge in [-0.05, 0) is 44.2 Å². The van der Waals surface area contributed by atoms with Crippen molar-refractivity contribution < 1.29 is 5.11 Å². The summed E-state index contributed by atoms with van der Waals surface area (Å²) in [5.41, 5.74) is 2.30. The first-order valence-electron chi connectivity index (χ1n) is 9.29. The van der Waals surface area contributed by atoms with Crippen molar-refractivity contribution in [2.45, 2.75) is 45.3 Å². The van der Waals surface area contributed by atoms with Crippen LogP contribution in [0.1, 0.15) is 35.5 Å². The monoisotopic (exact) mass is 360 g/mol. The Hall–Kier alpha value is -1.21. The van der Waals surface area contributed by atoms with E-state index in [4.69, 9.17) is 0 Å². The number of H-pyrrole nitrogens is 1. The summed E-state index contributed by atoms with van der Waals surface area (Å²) < 4.78 is 0. The Balaban J connectivity index is 1.49. The first kappa shape index (κ1) is 17.2. The molecule has 4 heterocycles. The van der Waals surface area contributed by atoms with Gasteiger partial charge in [0.2, 0.25) is 0 Å². The van der Waals surface area contributed by atoms with Crippen LogP contribution in [0.5, 0.6) is 0 Å². The van der Waals surface area contributed by atoms with Gasteiger partial charge >= 0.3 is 0 Å². The van der Waals surface area contributed by atoms with Gasteiger partial charge in [-0.15, -0.1) is 11.3 Å². The van der Waals surface area contributed by atoms with Crippen LogP contribution in [0, 0.1) is 12.3 Å². The zero-order valence-corrected chi connectivity index (χ0v) is 15.8. The van der Waals surface area contributed by atoms with Crippen LogP contribution >= 0.6 is 11.3 Å². The van der Waals surface area contributed by atoms with Crippen LogP contribution in [-0.4, -0.2) is 57.2 Å². The molecule has 2 fully saturated rings. The van der Waals surface area contributed by atoms with Crippen molar-refractivity contribution in [1.29, 1.82) is 0 Å². The van der Waals surface area contributed by atoms with Crippen LogP contribution in [0.15, 0.2) is 23.8 Å². The lowest BCUT2D eigenvalue weighted by molar-refractivity contribution is -0.0832. The molecule has 5 nitrogen and oxygen atoms in total. The topological polar surface area (TPSA) is 55.4 Å². The third-order valence-corrected chi connectivity index (χ3v) is 6.95. The molecule has 136 valence electrons. The van der Waals surface area contributed by atoms with Crippen molar-refractivity contribution in [3.8, 4) is 0 Å². The maximum absolute atomic E-state index is 10.3. The summed E-state index contributed by atoms with van der Waals surface area (Å²) in [7, 11) is 0. The van der Waals surface area contributed by atoms with Crippen LogP contribution in [-0.2, 0) is 13.1 Å². The number of hydrogen-bond acceptors (Lipinski definition) is 5. The van der Waals surface area contributed by atoms with Gasteiger partial charge in [0, 0.05) is 48.2 Å². The second kappa shape index (κ2) is 7.19. The lowest BCUT2D eigenvalue weighted by Gasteiger charge is -2.54. The summed E-state index contributed by atoms with van der Waals surface area (Å²) in [6, 6.07) is 4.86. The molecule has 0 radical (unpaired) electrons. The average molecular weight is 361 g/mol. The molecule has 4 rings (SSSR count). The van der Waals surface area contributed by atoms with Crippen molar-refractivity contribution in [3.63, 3.8) is 0 Å². The van der Waals surface area contributed by atoms with Crippen molar-refractivity contribution in [2.75, 3.05) is 26.2 Å². The average Bonchev–Trinajstić information content (AvgIpc) is 3.27. The van der Waals surface area contributed by atoms with Gasteiger partial charge in [0.1, 0.15) is 0 Å². The third-order valence-electron chi connectivity index (χ3n) is 6.09. The fourth-order valence-electron chi connectivity index (χ4n) is 4.77. The van der Waals surface area contributed by atoms with E-state index >= 15 is 0 Å². The van der Waals surface area contributed by atoms with Gasteiger partial charge in [-0.25, -0.2) is 4.98 Å². The van der Waals surface area contributed by atoms with Gasteiger partial charge in [0.05, 0.1) is 18.6 Å². The Morgan fingerprint density at radius 1 is 1.40 bits per heavy atom. The Morgan fingerprint density at radius 3 is 3.04 bits per heavy atom. The molecule has 0 bridgehead atoms. The minimum Gasteiger partial charge on any atom is -0.396 e. The Bertz CT molecular complexity index is 685. The summed E-state index contributed by atoms with van der Waals surface area (Å²) in [4.78, 5) is 14.2. The molecule has 25 heavy (non-hydrogen) atoms. The van der Waals surface area contributed by atoms with Gasteiger partial charge in [-0.3, -0.25) is 9.80 Å². The predicted molar refractivity (Wildman–Crippen MR) is 100 cm³/mol. The highest BCUT2D eigenvalue weighted by molar-refractivity contribution is 7.09. The van der Waals surface area contributed by atoms with Crippen molar-refractivity contribution in [3.05, 3.63) is 40.1 Å². The highest BCUT2D eigenvalue weighted by atomic mass is 32.1. The molecule has 6 heteroatoms. The number of nitrogens with zero attached hydrogens (tertiary/aromatic N) is 3. The number of hydrogen-bond donors (Lipinski definition) is 2. The van der Waals surface area contributed by atoms with E-state index in [0.717, 1.165) is 57.0 Å². The number of piperidine rings is 2. The fraction of sp³-hybridized carbons (Fsp3) is 0.632. The number of rotatable bonds is 5. The van der Waals surface area contributed by atoms with E-state index in [1.54, 1.807) is 6.33 Å². The molecule has 2 atom stereocenters. The van der Waals surface area contributed by atoms with Crippen LogP contribution in [0.25, 0.3) is 0 Å². The number of imidazole rings is 1. The quantitative estimate of drug-likeness (QED) is 0.861. The Morgan fingerprint density at radius 2 is 2.32 bits per heavy atom. The van der Waals surface area contributed by atoms with Crippen LogP contribution in [0.2, 0.25) is 0 Å². The molecule has 0 unspecified atom stereocenters. The Kier molecular flexibility index (Phi) is 4.95. The largest absolute Gasteiger partial charge is 0.396 e. The molecule has 0 saturated carbocycles. The van der Waals surface area contributed by atoms with E-state index in [-0.39, 0.29) is 12.0 Å². The van der Waals surface area contributed by atoms with Crippen LogP contribution in [0.4, 0.5) is 0 Å². The van der Waals surface area contributed by atoms with E-state index in [9.17, 15) is 5.11 Å². The molecule has 0 amide bonds. The minimum atomic E-state index is 0.0119. The smallest absolute Gasteiger partial charge is 0.0925 e. The lowest BCUT2D eigenvalue weighted by atomic mass is 9.69. The van der Waals surface area contributed by atoms with Crippen LogP contribution < -0.4 is 0 Å². The summed E-state index contributed by atoms with van der Waals surface area (Å²) >= 11 is 1.84. The van der Waals surface area contributed by atoms with E-state index in [2.05, 4.69) is 44.2 Å². The fourth-order valence-corrected chi connectivity index (χ4v) is 5.50. The molecular formula is C19H28N4OS. The normalized spacial score (nSPS) is 28.2. The molecular weight excluding hydrogens is 332 g/mol. The highest BCUT2D eigenvalue weighted by Gasteiger charge is 2.47. The van der Waals surface area contributed by atoms with Crippen LogP contribution in [0.3, 0.4) is 0 Å². The molecule has 2 aromatic heterocycles. The van der Waals surface area contributed by atoms with Crippen molar-refractivity contribution in [2.24, 2.45) is 5.41 Å². The molecule has 2 aliphatic rings.